The van der Waals surface area contributed by atoms with Crippen LogP contribution < -0.4 is 10.6 Å². The third-order valence-electron chi connectivity index (χ3n) is 4.25. The first-order chi connectivity index (χ1) is 11.0. The summed E-state index contributed by atoms with van der Waals surface area (Å²) in [5.74, 6) is 3.09. The molecule has 5 heteroatoms. The molecule has 0 spiro atoms. The molecule has 0 aliphatic carbocycles. The minimum Gasteiger partial charge on any atom is -0.466 e. The Kier molecular flexibility index (Phi) is 8.31. The molecule has 0 amide bonds. The van der Waals surface area contributed by atoms with Gasteiger partial charge in [0.1, 0.15) is 11.5 Å². The summed E-state index contributed by atoms with van der Waals surface area (Å²) in [7, 11) is 1.79. The van der Waals surface area contributed by atoms with Crippen molar-refractivity contribution in [2.75, 3.05) is 7.05 Å². The Morgan fingerprint density at radius 3 is 2.38 bits per heavy atom. The van der Waals surface area contributed by atoms with E-state index in [9.17, 15) is 0 Å². The summed E-state index contributed by atoms with van der Waals surface area (Å²) in [6, 6.07) is 12.9. The van der Waals surface area contributed by atoms with Crippen LogP contribution in [0.4, 0.5) is 0 Å². The summed E-state index contributed by atoms with van der Waals surface area (Å²) < 4.78 is 5.56. The van der Waals surface area contributed by atoms with Gasteiger partial charge in [-0.05, 0) is 32.4 Å². The van der Waals surface area contributed by atoms with Gasteiger partial charge >= 0.3 is 0 Å². The van der Waals surface area contributed by atoms with Gasteiger partial charge in [-0.15, -0.1) is 24.0 Å². The third-order valence-corrected chi connectivity index (χ3v) is 4.25. The molecule has 2 rings (SSSR count). The highest BCUT2D eigenvalue weighted by molar-refractivity contribution is 14.0. The molecule has 0 fully saturated rings. The van der Waals surface area contributed by atoms with Crippen LogP contribution in [0.15, 0.2) is 45.8 Å². The minimum atomic E-state index is 0. The van der Waals surface area contributed by atoms with Crippen molar-refractivity contribution in [3.05, 3.63) is 59.0 Å². The lowest BCUT2D eigenvalue weighted by molar-refractivity contribution is 0.500. The molecule has 0 saturated heterocycles. The van der Waals surface area contributed by atoms with Crippen molar-refractivity contribution < 1.29 is 4.42 Å². The monoisotopic (exact) mass is 441 g/mol. The summed E-state index contributed by atoms with van der Waals surface area (Å²) in [4.78, 5) is 4.32. The van der Waals surface area contributed by atoms with Crippen molar-refractivity contribution in [1.82, 2.24) is 10.6 Å². The maximum atomic E-state index is 5.56. The number of hydrogen-bond acceptors (Lipinski definition) is 2. The molecule has 1 aromatic heterocycles. The molecule has 0 radical (unpaired) electrons. The van der Waals surface area contributed by atoms with Crippen LogP contribution in [-0.2, 0) is 6.54 Å². The van der Waals surface area contributed by atoms with Gasteiger partial charge in [-0.2, -0.15) is 0 Å². The number of furan rings is 1. The largest absolute Gasteiger partial charge is 0.466 e. The van der Waals surface area contributed by atoms with Gasteiger partial charge in [0.25, 0.3) is 0 Å². The third kappa shape index (κ3) is 5.54. The first-order valence-corrected chi connectivity index (χ1v) is 8.09. The molecule has 2 N–H and O–H groups in total. The highest BCUT2D eigenvalue weighted by Crippen LogP contribution is 2.18. The zero-order valence-corrected chi connectivity index (χ0v) is 17.4. The van der Waals surface area contributed by atoms with Gasteiger partial charge in [-0.25, -0.2) is 0 Å². The SMILES string of the molecule is CN=C(NCc1cc(C)oc1C)NC(C)C(C)c1ccccc1.I. The van der Waals surface area contributed by atoms with E-state index in [1.807, 2.05) is 19.9 Å². The van der Waals surface area contributed by atoms with Crippen LogP contribution in [0.2, 0.25) is 0 Å². The predicted molar refractivity (Wildman–Crippen MR) is 111 cm³/mol. The Labute approximate surface area is 162 Å². The molecular formula is C19H28IN3O. The molecule has 0 aliphatic rings. The first kappa shape index (κ1) is 20.5. The molecule has 0 aliphatic heterocycles. The highest BCUT2D eigenvalue weighted by atomic mass is 127. The zero-order chi connectivity index (χ0) is 16.8. The van der Waals surface area contributed by atoms with Gasteiger partial charge < -0.3 is 15.1 Å². The molecule has 0 bridgehead atoms. The second-order valence-electron chi connectivity index (χ2n) is 6.00. The molecule has 2 aromatic rings. The molecule has 132 valence electrons. The molecule has 2 atom stereocenters. The number of nitrogens with one attached hydrogen (secondary N) is 2. The fourth-order valence-corrected chi connectivity index (χ4v) is 2.62. The van der Waals surface area contributed by atoms with Crippen molar-refractivity contribution >= 4 is 29.9 Å². The Morgan fingerprint density at radius 2 is 1.83 bits per heavy atom. The van der Waals surface area contributed by atoms with Gasteiger partial charge in [0, 0.05) is 31.1 Å². The maximum absolute atomic E-state index is 5.56. The van der Waals surface area contributed by atoms with E-state index in [4.69, 9.17) is 4.42 Å². The van der Waals surface area contributed by atoms with E-state index in [0.29, 0.717) is 12.5 Å². The molecule has 2 unspecified atom stereocenters. The average Bonchev–Trinajstić information content (AvgIpc) is 2.88. The van der Waals surface area contributed by atoms with Crippen molar-refractivity contribution in [1.29, 1.82) is 0 Å². The number of halogens is 1. The molecule has 1 heterocycles. The highest BCUT2D eigenvalue weighted by Gasteiger charge is 2.15. The normalized spacial score (nSPS) is 13.8. The van der Waals surface area contributed by atoms with Gasteiger partial charge in [0.2, 0.25) is 0 Å². The van der Waals surface area contributed by atoms with Crippen molar-refractivity contribution in [2.24, 2.45) is 4.99 Å². The minimum absolute atomic E-state index is 0. The van der Waals surface area contributed by atoms with Gasteiger partial charge in [0.05, 0.1) is 0 Å². The Morgan fingerprint density at radius 1 is 1.17 bits per heavy atom. The predicted octanol–water partition coefficient (Wildman–Crippen LogP) is 4.37. The second kappa shape index (κ2) is 9.71. The Bertz CT molecular complexity index is 652. The Balaban J connectivity index is 0.00000288. The summed E-state index contributed by atoms with van der Waals surface area (Å²) in [6.45, 7) is 9.06. The fraction of sp³-hybridized carbons (Fsp3) is 0.421. The van der Waals surface area contributed by atoms with E-state index < -0.39 is 0 Å². The van der Waals surface area contributed by atoms with E-state index in [2.05, 4.69) is 59.8 Å². The van der Waals surface area contributed by atoms with Crippen LogP contribution in [0.3, 0.4) is 0 Å². The maximum Gasteiger partial charge on any atom is 0.191 e. The topological polar surface area (TPSA) is 49.6 Å². The van der Waals surface area contributed by atoms with Crippen LogP contribution in [0.25, 0.3) is 0 Å². The number of rotatable bonds is 5. The first-order valence-electron chi connectivity index (χ1n) is 8.09. The van der Waals surface area contributed by atoms with E-state index >= 15 is 0 Å². The number of aliphatic imine (C=N–C) groups is 1. The molecule has 24 heavy (non-hydrogen) atoms. The second-order valence-corrected chi connectivity index (χ2v) is 6.00. The number of benzene rings is 1. The smallest absolute Gasteiger partial charge is 0.191 e. The van der Waals surface area contributed by atoms with Gasteiger partial charge in [-0.1, -0.05) is 37.3 Å². The van der Waals surface area contributed by atoms with E-state index in [-0.39, 0.29) is 30.0 Å². The summed E-state index contributed by atoms with van der Waals surface area (Å²) in [5, 5.41) is 6.83. The molecule has 1 aromatic carbocycles. The van der Waals surface area contributed by atoms with Gasteiger partial charge in [-0.3, -0.25) is 4.99 Å². The zero-order valence-electron chi connectivity index (χ0n) is 15.1. The van der Waals surface area contributed by atoms with Gasteiger partial charge in [0.15, 0.2) is 5.96 Å². The number of aryl methyl sites for hydroxylation is 2. The van der Waals surface area contributed by atoms with Crippen LogP contribution in [0.1, 0.15) is 42.4 Å². The number of nitrogens with zero attached hydrogens (tertiary/aromatic N) is 1. The lowest BCUT2D eigenvalue weighted by Crippen LogP contribution is -2.43. The number of guanidine groups is 1. The van der Waals surface area contributed by atoms with Crippen molar-refractivity contribution in [2.45, 2.75) is 46.2 Å². The van der Waals surface area contributed by atoms with Crippen LogP contribution in [0.5, 0.6) is 0 Å². The summed E-state index contributed by atoms with van der Waals surface area (Å²) in [5.41, 5.74) is 2.48. The summed E-state index contributed by atoms with van der Waals surface area (Å²) in [6.07, 6.45) is 0. The quantitative estimate of drug-likeness (QED) is 0.412. The molecule has 0 saturated carbocycles. The average molecular weight is 441 g/mol. The summed E-state index contributed by atoms with van der Waals surface area (Å²) >= 11 is 0. The fourth-order valence-electron chi connectivity index (χ4n) is 2.62. The van der Waals surface area contributed by atoms with E-state index in [1.165, 1.54) is 5.56 Å². The molecular weight excluding hydrogens is 413 g/mol. The van der Waals surface area contributed by atoms with E-state index in [1.54, 1.807) is 7.05 Å². The van der Waals surface area contributed by atoms with Crippen LogP contribution in [0, 0.1) is 13.8 Å². The number of hydrogen-bond donors (Lipinski definition) is 2. The Hall–Kier alpha value is -1.50. The van der Waals surface area contributed by atoms with Crippen molar-refractivity contribution in [3.63, 3.8) is 0 Å². The standard InChI is InChI=1S/C19H27N3O.HI/c1-13-11-18(16(4)23-13)12-21-19(20-5)22-15(3)14(2)17-9-7-6-8-10-17;/h6-11,14-15H,12H2,1-5H3,(H2,20,21,22);1H. The van der Waals surface area contributed by atoms with Crippen LogP contribution in [-0.4, -0.2) is 19.0 Å². The lowest BCUT2D eigenvalue weighted by Gasteiger charge is -2.24. The van der Waals surface area contributed by atoms with Crippen LogP contribution >= 0.6 is 24.0 Å². The lowest BCUT2D eigenvalue weighted by atomic mass is 9.94. The van der Waals surface area contributed by atoms with E-state index in [0.717, 1.165) is 23.0 Å². The van der Waals surface area contributed by atoms with Crippen molar-refractivity contribution in [3.8, 4) is 0 Å². The molecule has 4 nitrogen and oxygen atoms in total.